The largest absolute Gasteiger partial charge is 0.355 e. The van der Waals surface area contributed by atoms with Gasteiger partial charge in [-0.25, -0.2) is 0 Å². The molecule has 0 fully saturated rings. The second kappa shape index (κ2) is 6.73. The average Bonchev–Trinajstić information content (AvgIpc) is 3.35. The zero-order valence-electron chi connectivity index (χ0n) is 15.6. The fraction of sp³-hybridized carbons (Fsp3) is 0. The predicted molar refractivity (Wildman–Crippen MR) is 130 cm³/mol. The van der Waals surface area contributed by atoms with E-state index in [4.69, 9.17) is 0 Å². The first-order valence-corrected chi connectivity index (χ1v) is 11.2. The van der Waals surface area contributed by atoms with Gasteiger partial charge in [-0.05, 0) is 53.4 Å². The van der Waals surface area contributed by atoms with Crippen LogP contribution in [-0.2, 0) is 0 Å². The normalized spacial score (nSPS) is 11.4. The van der Waals surface area contributed by atoms with Gasteiger partial charge in [0.15, 0.2) is 0 Å². The van der Waals surface area contributed by atoms with Gasteiger partial charge in [-0.3, -0.25) is 0 Å². The number of fused-ring (bicyclic) bond motifs is 4. The van der Waals surface area contributed by atoms with Gasteiger partial charge in [-0.15, -0.1) is 22.7 Å². The molecule has 1 N–H and O–H groups in total. The van der Waals surface area contributed by atoms with E-state index in [0.717, 1.165) is 11.4 Å². The van der Waals surface area contributed by atoms with Gasteiger partial charge in [0.25, 0.3) is 0 Å². The van der Waals surface area contributed by atoms with Crippen LogP contribution in [0.15, 0.2) is 97.1 Å². The lowest BCUT2D eigenvalue weighted by Crippen LogP contribution is -1.89. The highest BCUT2D eigenvalue weighted by molar-refractivity contribution is 7.25. The minimum Gasteiger partial charge on any atom is -0.355 e. The maximum absolute atomic E-state index is 3.56. The Bertz CT molecular complexity index is 1440. The highest BCUT2D eigenvalue weighted by Crippen LogP contribution is 2.36. The van der Waals surface area contributed by atoms with Crippen LogP contribution in [0, 0.1) is 0 Å². The molecule has 3 heteroatoms. The third kappa shape index (κ3) is 3.00. The molecule has 2 heterocycles. The van der Waals surface area contributed by atoms with Crippen LogP contribution >= 0.6 is 22.7 Å². The van der Waals surface area contributed by atoms with E-state index in [1.165, 1.54) is 40.7 Å². The van der Waals surface area contributed by atoms with E-state index in [1.54, 1.807) is 0 Å². The lowest BCUT2D eigenvalue weighted by atomic mass is 10.1. The highest BCUT2D eigenvalue weighted by atomic mass is 32.1. The molecule has 0 aliphatic carbocycles. The first-order chi connectivity index (χ1) is 14.3. The Balaban J connectivity index is 1.29. The summed E-state index contributed by atoms with van der Waals surface area (Å²) in [7, 11) is 0. The van der Waals surface area contributed by atoms with Crippen molar-refractivity contribution in [2.75, 3.05) is 5.32 Å². The quantitative estimate of drug-likeness (QED) is 0.309. The Morgan fingerprint density at radius 1 is 0.517 bits per heavy atom. The summed E-state index contributed by atoms with van der Waals surface area (Å²) in [6.45, 7) is 0. The summed E-state index contributed by atoms with van der Waals surface area (Å²) < 4.78 is 3.99. The standard InChI is InChI=1S/C26H17NS2/c1-3-7-23-18(5-1)15-25(28-23)17-9-11-19(12-10-17)27-20-13-14-22-21-6-2-4-8-24(21)29-26(22)16-20/h1-16,27H. The van der Waals surface area contributed by atoms with Crippen molar-refractivity contribution in [3.63, 3.8) is 0 Å². The number of nitrogens with one attached hydrogen (secondary N) is 1. The molecule has 0 radical (unpaired) electrons. The zero-order chi connectivity index (χ0) is 19.2. The van der Waals surface area contributed by atoms with Gasteiger partial charge in [-0.2, -0.15) is 0 Å². The highest BCUT2D eigenvalue weighted by Gasteiger charge is 2.07. The van der Waals surface area contributed by atoms with Crippen LogP contribution in [0.1, 0.15) is 0 Å². The number of thiophene rings is 2. The lowest BCUT2D eigenvalue weighted by Gasteiger charge is -2.07. The molecule has 6 rings (SSSR count). The third-order valence-electron chi connectivity index (χ3n) is 5.26. The van der Waals surface area contributed by atoms with Crippen LogP contribution in [0.4, 0.5) is 11.4 Å². The zero-order valence-corrected chi connectivity index (χ0v) is 17.2. The van der Waals surface area contributed by atoms with Crippen LogP contribution in [-0.4, -0.2) is 0 Å². The molecule has 0 unspecified atom stereocenters. The van der Waals surface area contributed by atoms with Crippen molar-refractivity contribution in [1.82, 2.24) is 0 Å². The first kappa shape index (κ1) is 16.8. The molecular weight excluding hydrogens is 390 g/mol. The monoisotopic (exact) mass is 407 g/mol. The Labute approximate surface area is 176 Å². The molecule has 0 atom stereocenters. The van der Waals surface area contributed by atoms with Crippen molar-refractivity contribution in [2.24, 2.45) is 0 Å². The van der Waals surface area contributed by atoms with Crippen LogP contribution in [0.2, 0.25) is 0 Å². The lowest BCUT2D eigenvalue weighted by molar-refractivity contribution is 1.57. The summed E-state index contributed by atoms with van der Waals surface area (Å²) in [5.74, 6) is 0. The Morgan fingerprint density at radius 2 is 1.24 bits per heavy atom. The van der Waals surface area contributed by atoms with Crippen molar-refractivity contribution in [1.29, 1.82) is 0 Å². The molecule has 4 aromatic carbocycles. The van der Waals surface area contributed by atoms with Gasteiger partial charge < -0.3 is 5.32 Å². The summed E-state index contributed by atoms with van der Waals surface area (Å²) in [6, 6.07) is 34.8. The summed E-state index contributed by atoms with van der Waals surface area (Å²) in [6.07, 6.45) is 0. The molecule has 0 saturated carbocycles. The summed E-state index contributed by atoms with van der Waals surface area (Å²) in [5.41, 5.74) is 3.49. The van der Waals surface area contributed by atoms with Gasteiger partial charge in [0.05, 0.1) is 0 Å². The summed E-state index contributed by atoms with van der Waals surface area (Å²) >= 11 is 3.69. The Morgan fingerprint density at radius 3 is 2.10 bits per heavy atom. The van der Waals surface area contributed by atoms with E-state index in [1.807, 2.05) is 22.7 Å². The molecule has 0 saturated heterocycles. The fourth-order valence-corrected chi connectivity index (χ4v) is 6.03. The third-order valence-corrected chi connectivity index (χ3v) is 7.56. The molecule has 0 aliphatic rings. The number of hydrogen-bond acceptors (Lipinski definition) is 3. The minimum atomic E-state index is 1.11. The van der Waals surface area contributed by atoms with E-state index in [2.05, 4.69) is 102 Å². The van der Waals surface area contributed by atoms with E-state index in [-0.39, 0.29) is 0 Å². The van der Waals surface area contributed by atoms with Crippen molar-refractivity contribution in [2.45, 2.75) is 0 Å². The number of hydrogen-bond donors (Lipinski definition) is 1. The van der Waals surface area contributed by atoms with Gasteiger partial charge in [0.2, 0.25) is 0 Å². The second-order valence-electron chi connectivity index (χ2n) is 7.16. The Kier molecular flexibility index (Phi) is 3.89. The van der Waals surface area contributed by atoms with Crippen molar-refractivity contribution < 1.29 is 0 Å². The van der Waals surface area contributed by atoms with E-state index < -0.39 is 0 Å². The van der Waals surface area contributed by atoms with Crippen molar-refractivity contribution in [3.05, 3.63) is 97.1 Å². The Hall–Kier alpha value is -3.14. The molecule has 0 amide bonds. The van der Waals surface area contributed by atoms with E-state index in [0.29, 0.717) is 0 Å². The number of benzene rings is 4. The van der Waals surface area contributed by atoms with Gasteiger partial charge in [0, 0.05) is 41.1 Å². The summed E-state index contributed by atoms with van der Waals surface area (Å²) in [5, 5.41) is 7.54. The molecule has 1 nitrogen and oxygen atoms in total. The van der Waals surface area contributed by atoms with E-state index in [9.17, 15) is 0 Å². The predicted octanol–water partition coefficient (Wildman–Crippen LogP) is 8.68. The topological polar surface area (TPSA) is 12.0 Å². The molecule has 138 valence electrons. The van der Waals surface area contributed by atoms with Crippen LogP contribution in [0.5, 0.6) is 0 Å². The van der Waals surface area contributed by atoms with Crippen molar-refractivity contribution >= 4 is 64.3 Å². The summed E-state index contributed by atoms with van der Waals surface area (Å²) in [4.78, 5) is 1.31. The number of anilines is 2. The number of rotatable bonds is 3. The smallest absolute Gasteiger partial charge is 0.0398 e. The van der Waals surface area contributed by atoms with Gasteiger partial charge in [0.1, 0.15) is 0 Å². The minimum absolute atomic E-state index is 1.11. The SMILES string of the molecule is c1ccc2sc(-c3ccc(Nc4ccc5c(c4)sc4ccccc45)cc3)cc2c1. The van der Waals surface area contributed by atoms with Crippen LogP contribution in [0.3, 0.4) is 0 Å². The maximum atomic E-state index is 3.56. The van der Waals surface area contributed by atoms with Gasteiger partial charge >= 0.3 is 0 Å². The van der Waals surface area contributed by atoms with Crippen LogP contribution in [0.25, 0.3) is 40.7 Å². The molecule has 6 aromatic rings. The molecular formula is C26H17NS2. The van der Waals surface area contributed by atoms with Crippen molar-refractivity contribution in [3.8, 4) is 10.4 Å². The maximum Gasteiger partial charge on any atom is 0.0398 e. The van der Waals surface area contributed by atoms with Crippen LogP contribution < -0.4 is 5.32 Å². The van der Waals surface area contributed by atoms with Gasteiger partial charge in [-0.1, -0.05) is 54.6 Å². The average molecular weight is 408 g/mol. The first-order valence-electron chi connectivity index (χ1n) is 9.61. The molecule has 0 spiro atoms. The second-order valence-corrected chi connectivity index (χ2v) is 9.33. The molecule has 29 heavy (non-hydrogen) atoms. The molecule has 2 aromatic heterocycles. The van der Waals surface area contributed by atoms with E-state index >= 15 is 0 Å². The molecule has 0 aliphatic heterocycles. The fourth-order valence-electron chi connectivity index (χ4n) is 3.81. The molecule has 0 bridgehead atoms.